The molecule has 0 fully saturated rings. The van der Waals surface area contributed by atoms with Crippen molar-refractivity contribution < 1.29 is 28.9 Å². The average molecular weight is 707 g/mol. The molecule has 8 heteroatoms. The minimum atomic E-state index is -0.285. The van der Waals surface area contributed by atoms with Crippen molar-refractivity contribution in [3.05, 3.63) is 72.8 Å². The molecule has 0 radical (unpaired) electrons. The maximum Gasteiger partial charge on any atom is 0.409 e. The van der Waals surface area contributed by atoms with Gasteiger partial charge in [0.15, 0.2) is 0 Å². The summed E-state index contributed by atoms with van der Waals surface area (Å²) in [6, 6.07) is 24.0. The van der Waals surface area contributed by atoms with Gasteiger partial charge in [-0.05, 0) is 27.7 Å². The van der Waals surface area contributed by atoms with E-state index in [1.807, 2.05) is 170 Å². The largest absolute Gasteiger partial charge is 0.450 e. The lowest BCUT2D eigenvalue weighted by Crippen LogP contribution is -2.22. The Labute approximate surface area is 309 Å². The highest BCUT2D eigenvalue weighted by Crippen LogP contribution is 1.83. The Morgan fingerprint density at radius 2 is 0.612 bits per heavy atom. The number of ether oxygens (including phenoxy) is 3. The molecular weight excluding hydrogens is 616 g/mol. The fourth-order valence-corrected chi connectivity index (χ4v) is 1.02. The summed E-state index contributed by atoms with van der Waals surface area (Å²) < 4.78 is 13.7. The van der Waals surface area contributed by atoms with Crippen LogP contribution >= 0.6 is 0 Å². The molecule has 0 aromatic heterocycles. The number of carbonyl (C=O) groups is 2. The minimum absolute atomic E-state index is 0.0926. The number of hydrogen-bond donors (Lipinski definition) is 1. The first kappa shape index (κ1) is 76.1. The maximum atomic E-state index is 10.4. The van der Waals surface area contributed by atoms with Crippen LogP contribution < -0.4 is 0 Å². The molecule has 0 saturated carbocycles. The van der Waals surface area contributed by atoms with E-state index in [0.717, 1.165) is 13.2 Å². The number of hydrogen-bond acceptors (Lipinski definition) is 6. The molecule has 0 unspecified atom stereocenters. The van der Waals surface area contributed by atoms with E-state index in [0.29, 0.717) is 6.61 Å². The summed E-state index contributed by atoms with van der Waals surface area (Å²) in [5, 5.41) is 7.57. The second kappa shape index (κ2) is 111. The van der Waals surface area contributed by atoms with E-state index in [-0.39, 0.29) is 18.6 Å². The molecule has 0 heterocycles. The first-order chi connectivity index (χ1) is 23.6. The Hall–Kier alpha value is -2.94. The van der Waals surface area contributed by atoms with Crippen LogP contribution in [0.25, 0.3) is 0 Å². The summed E-state index contributed by atoms with van der Waals surface area (Å²) in [6.07, 6.45) is -0.285. The van der Waals surface area contributed by atoms with E-state index in [1.54, 1.807) is 56.3 Å². The van der Waals surface area contributed by atoms with Crippen LogP contribution in [0.15, 0.2) is 72.8 Å². The monoisotopic (exact) mass is 707 g/mol. The molecule has 2 aromatic carbocycles. The third kappa shape index (κ3) is 172. The highest BCUT2D eigenvalue weighted by Gasteiger charge is 1.99. The van der Waals surface area contributed by atoms with Crippen LogP contribution in [0.1, 0.15) is 118 Å². The number of methoxy groups -OCH3 is 2. The van der Waals surface area contributed by atoms with E-state index in [9.17, 15) is 9.59 Å². The number of benzene rings is 2. The van der Waals surface area contributed by atoms with Crippen LogP contribution in [0.2, 0.25) is 0 Å². The van der Waals surface area contributed by atoms with Crippen molar-refractivity contribution in [1.29, 1.82) is 0 Å². The van der Waals surface area contributed by atoms with Gasteiger partial charge in [0.1, 0.15) is 0 Å². The van der Waals surface area contributed by atoms with Crippen LogP contribution in [-0.4, -0.2) is 95.7 Å². The van der Waals surface area contributed by atoms with Crippen molar-refractivity contribution in [1.82, 2.24) is 9.80 Å². The summed E-state index contributed by atoms with van der Waals surface area (Å²) in [4.78, 5) is 23.4. The lowest BCUT2D eigenvalue weighted by Gasteiger charge is -2.07. The zero-order valence-corrected chi connectivity index (χ0v) is 37.1. The van der Waals surface area contributed by atoms with Gasteiger partial charge in [-0.1, -0.05) is 156 Å². The van der Waals surface area contributed by atoms with Gasteiger partial charge in [0.2, 0.25) is 5.91 Å². The summed E-state index contributed by atoms with van der Waals surface area (Å²) in [7, 11) is 10.1. The lowest BCUT2D eigenvalue weighted by molar-refractivity contribution is -0.126. The topological polar surface area (TPSA) is 88.5 Å². The number of rotatable bonds is 3. The van der Waals surface area contributed by atoms with Crippen LogP contribution in [0.3, 0.4) is 0 Å². The maximum absolute atomic E-state index is 10.4. The van der Waals surface area contributed by atoms with Gasteiger partial charge in [-0.15, -0.1) is 0 Å². The fraction of sp³-hybridized carbons (Fsp3) is 0.659. The molecule has 2 amide bonds. The van der Waals surface area contributed by atoms with Crippen LogP contribution in [0, 0.1) is 0 Å². The molecule has 1 N–H and O–H groups in total. The molecule has 0 atom stereocenters. The van der Waals surface area contributed by atoms with Crippen molar-refractivity contribution in [2.24, 2.45) is 0 Å². The molecule has 2 aromatic rings. The van der Waals surface area contributed by atoms with Crippen molar-refractivity contribution >= 4 is 12.0 Å². The van der Waals surface area contributed by atoms with E-state index in [1.165, 1.54) is 16.7 Å². The van der Waals surface area contributed by atoms with Crippen LogP contribution in [0.5, 0.6) is 0 Å². The molecule has 300 valence electrons. The van der Waals surface area contributed by atoms with Gasteiger partial charge in [-0.2, -0.15) is 0 Å². The highest BCUT2D eigenvalue weighted by atomic mass is 16.5. The second-order valence-electron chi connectivity index (χ2n) is 6.79. The summed E-state index contributed by atoms with van der Waals surface area (Å²) in [6.45, 7) is 35.2. The fourth-order valence-electron chi connectivity index (χ4n) is 1.02. The van der Waals surface area contributed by atoms with Crippen molar-refractivity contribution in [3.8, 4) is 0 Å². The zero-order valence-electron chi connectivity index (χ0n) is 37.1. The smallest absolute Gasteiger partial charge is 0.409 e. The Bertz CT molecular complexity index is 537. The SMILES string of the molecule is CC.CC.CC.CC.CC.CC.CC(=O)N(C)C.CCO.CCOC.CCOC.CCOC(=O)N(C)C.c1ccccc1.c1ccccc1. The number of carbonyl (C=O) groups excluding carboxylic acids is 2. The molecule has 49 heavy (non-hydrogen) atoms. The Kier molecular flexibility index (Phi) is 173. The lowest BCUT2D eigenvalue weighted by atomic mass is 10.4. The summed E-state index contributed by atoms with van der Waals surface area (Å²) >= 11 is 0. The molecule has 0 saturated heterocycles. The minimum Gasteiger partial charge on any atom is -0.450 e. The van der Waals surface area contributed by atoms with Gasteiger partial charge in [-0.3, -0.25) is 4.79 Å². The van der Waals surface area contributed by atoms with Crippen molar-refractivity contribution in [2.75, 3.05) is 68.8 Å². The van der Waals surface area contributed by atoms with Gasteiger partial charge < -0.3 is 29.1 Å². The molecule has 0 aliphatic rings. The Morgan fingerprint density at radius 3 is 0.653 bits per heavy atom. The molecule has 2 rings (SSSR count). The summed E-state index contributed by atoms with van der Waals surface area (Å²) in [5.41, 5.74) is 0. The zero-order chi connectivity index (χ0) is 41.7. The third-order valence-electron chi connectivity index (χ3n) is 3.17. The quantitative estimate of drug-likeness (QED) is 0.342. The normalized spacial score (nSPS) is 6.61. The molecular formula is C41H90N2O6. The molecule has 0 aliphatic heterocycles. The number of aliphatic hydroxyl groups is 1. The first-order valence-corrected chi connectivity index (χ1v) is 18.2. The number of amides is 2. The van der Waals surface area contributed by atoms with Crippen molar-refractivity contribution in [2.45, 2.75) is 118 Å². The van der Waals surface area contributed by atoms with Gasteiger partial charge in [0.25, 0.3) is 0 Å². The first-order valence-electron chi connectivity index (χ1n) is 18.2. The average Bonchev–Trinajstić information content (AvgIpc) is 3.19. The van der Waals surface area contributed by atoms with Gasteiger partial charge in [0, 0.05) is 69.2 Å². The van der Waals surface area contributed by atoms with Gasteiger partial charge in [0.05, 0.1) is 6.61 Å². The second-order valence-corrected chi connectivity index (χ2v) is 6.79. The summed E-state index contributed by atoms with van der Waals surface area (Å²) in [5.74, 6) is 0.0926. The predicted molar refractivity (Wildman–Crippen MR) is 224 cm³/mol. The van der Waals surface area contributed by atoms with Gasteiger partial charge in [-0.25, -0.2) is 4.79 Å². The number of nitrogens with zero attached hydrogens (tertiary/aromatic N) is 2. The van der Waals surface area contributed by atoms with E-state index >= 15 is 0 Å². The predicted octanol–water partition coefficient (Wildman–Crippen LogP) is 11.6. The Morgan fingerprint density at radius 1 is 0.469 bits per heavy atom. The van der Waals surface area contributed by atoms with Gasteiger partial charge >= 0.3 is 6.09 Å². The standard InChI is InChI=1S/2C6H6.C5H11NO2.C4H9NO.2C3H8O.C2H6O.6C2H6/c2*1-2-4-6-5-3-1;1-4-8-5(7)6(2)3;1-4(6)5(2)3;2*1-3-4-2;1-2-3;6*1-2/h2*1-6H;4H2,1-3H3;1-3H3;2*3H2,1-2H3;3H,2H2,1H3;6*1-2H3. The van der Waals surface area contributed by atoms with E-state index < -0.39 is 0 Å². The van der Waals surface area contributed by atoms with Crippen LogP contribution in [0.4, 0.5) is 4.79 Å². The van der Waals surface area contributed by atoms with E-state index in [2.05, 4.69) is 14.2 Å². The van der Waals surface area contributed by atoms with Crippen molar-refractivity contribution in [3.63, 3.8) is 0 Å². The number of aliphatic hydroxyl groups excluding tert-OH is 1. The highest BCUT2D eigenvalue weighted by molar-refractivity contribution is 5.72. The van der Waals surface area contributed by atoms with Crippen LogP contribution in [-0.2, 0) is 19.0 Å². The van der Waals surface area contributed by atoms with E-state index in [4.69, 9.17) is 5.11 Å². The Balaban J connectivity index is -0.0000000368. The molecule has 0 spiro atoms. The molecule has 0 bridgehead atoms. The molecule has 8 nitrogen and oxygen atoms in total. The molecule has 0 aliphatic carbocycles. The third-order valence-corrected chi connectivity index (χ3v) is 3.17.